The van der Waals surface area contributed by atoms with Gasteiger partial charge in [-0.2, -0.15) is 0 Å². The van der Waals surface area contributed by atoms with Gasteiger partial charge in [0.1, 0.15) is 5.82 Å². The van der Waals surface area contributed by atoms with Crippen LogP contribution in [0, 0.1) is 11.7 Å². The molecule has 1 aliphatic carbocycles. The molecule has 3 N–H and O–H groups in total. The largest absolute Gasteiger partial charge is 0.397 e. The summed E-state index contributed by atoms with van der Waals surface area (Å²) in [4.78, 5) is 0. The van der Waals surface area contributed by atoms with Gasteiger partial charge in [-0.1, -0.05) is 31.4 Å². The van der Waals surface area contributed by atoms with Crippen LogP contribution in [0.3, 0.4) is 0 Å². The zero-order chi connectivity index (χ0) is 12.4. The fraction of sp³-hybridized carbons (Fsp3) is 0.538. The Morgan fingerprint density at radius 2 is 2.18 bits per heavy atom. The Morgan fingerprint density at radius 3 is 2.88 bits per heavy atom. The Balaban J connectivity index is 2.10. The third kappa shape index (κ3) is 3.03. The number of hydrogen-bond acceptors (Lipinski definition) is 2. The zero-order valence-corrected chi connectivity index (χ0v) is 10.7. The summed E-state index contributed by atoms with van der Waals surface area (Å²) in [7, 11) is 0. The number of nitrogens with one attached hydrogen (secondary N) is 1. The second-order valence-corrected chi connectivity index (χ2v) is 5.37. The standard InChI is InChI=1S/C13H18ClFN2/c1-8-3-2-4-9(5-8)17-13-7-11(15)10(14)6-12(13)16/h6-9,17H,2-5,16H2,1H3. The first-order chi connectivity index (χ1) is 8.06. The smallest absolute Gasteiger partial charge is 0.143 e. The molecule has 0 saturated heterocycles. The number of benzene rings is 1. The summed E-state index contributed by atoms with van der Waals surface area (Å²) < 4.78 is 13.4. The third-order valence-electron chi connectivity index (χ3n) is 3.39. The van der Waals surface area contributed by atoms with Crippen LogP contribution in [0.25, 0.3) is 0 Å². The van der Waals surface area contributed by atoms with E-state index in [4.69, 9.17) is 17.3 Å². The van der Waals surface area contributed by atoms with Gasteiger partial charge in [-0.3, -0.25) is 0 Å². The minimum atomic E-state index is -0.424. The quantitative estimate of drug-likeness (QED) is 0.784. The van der Waals surface area contributed by atoms with Gasteiger partial charge in [0.2, 0.25) is 0 Å². The molecule has 0 aliphatic heterocycles. The van der Waals surface area contributed by atoms with Gasteiger partial charge in [0, 0.05) is 12.1 Å². The molecule has 0 aromatic heterocycles. The van der Waals surface area contributed by atoms with Crippen molar-refractivity contribution in [3.05, 3.63) is 23.0 Å². The molecule has 2 rings (SSSR count). The molecule has 0 heterocycles. The Labute approximate surface area is 106 Å². The van der Waals surface area contributed by atoms with Crippen LogP contribution in [0.1, 0.15) is 32.6 Å². The molecule has 17 heavy (non-hydrogen) atoms. The van der Waals surface area contributed by atoms with Crippen LogP contribution in [0.5, 0.6) is 0 Å². The Hall–Kier alpha value is -0.960. The van der Waals surface area contributed by atoms with Crippen molar-refractivity contribution >= 4 is 23.0 Å². The average molecular weight is 257 g/mol. The lowest BCUT2D eigenvalue weighted by Gasteiger charge is -2.28. The number of anilines is 2. The van der Waals surface area contributed by atoms with Crippen LogP contribution >= 0.6 is 11.6 Å². The lowest BCUT2D eigenvalue weighted by atomic mass is 9.87. The lowest BCUT2D eigenvalue weighted by molar-refractivity contribution is 0.358. The molecule has 94 valence electrons. The summed E-state index contributed by atoms with van der Waals surface area (Å²) in [6, 6.07) is 3.24. The van der Waals surface area contributed by atoms with E-state index in [1.807, 2.05) is 0 Å². The van der Waals surface area contributed by atoms with Gasteiger partial charge in [0.25, 0.3) is 0 Å². The molecule has 1 saturated carbocycles. The number of nitrogen functional groups attached to an aromatic ring is 1. The molecule has 2 atom stereocenters. The summed E-state index contributed by atoms with van der Waals surface area (Å²) in [5, 5.41) is 3.40. The van der Waals surface area contributed by atoms with Crippen molar-refractivity contribution in [2.45, 2.75) is 38.6 Å². The first-order valence-electron chi connectivity index (χ1n) is 6.07. The fourth-order valence-corrected chi connectivity index (χ4v) is 2.64. The van der Waals surface area contributed by atoms with Crippen molar-refractivity contribution in [2.24, 2.45) is 5.92 Å². The molecule has 0 radical (unpaired) electrons. The van der Waals surface area contributed by atoms with Crippen molar-refractivity contribution in [3.8, 4) is 0 Å². The molecule has 0 bridgehead atoms. The molecule has 2 nitrogen and oxygen atoms in total. The predicted octanol–water partition coefficient (Wildman–Crippen LogP) is 4.05. The SMILES string of the molecule is CC1CCCC(Nc2cc(F)c(Cl)cc2N)C1. The van der Waals surface area contributed by atoms with Crippen LogP contribution in [0.2, 0.25) is 5.02 Å². The Morgan fingerprint density at radius 1 is 1.41 bits per heavy atom. The highest BCUT2D eigenvalue weighted by Gasteiger charge is 2.19. The second kappa shape index (κ2) is 5.13. The monoisotopic (exact) mass is 256 g/mol. The molecular formula is C13H18ClFN2. The third-order valence-corrected chi connectivity index (χ3v) is 3.68. The molecule has 0 amide bonds. The maximum Gasteiger partial charge on any atom is 0.143 e. The van der Waals surface area contributed by atoms with Gasteiger partial charge in [0.05, 0.1) is 16.4 Å². The van der Waals surface area contributed by atoms with E-state index in [2.05, 4.69) is 12.2 Å². The van der Waals surface area contributed by atoms with Gasteiger partial charge in [-0.15, -0.1) is 0 Å². The molecule has 1 aromatic rings. The van der Waals surface area contributed by atoms with Crippen molar-refractivity contribution in [3.63, 3.8) is 0 Å². The van der Waals surface area contributed by atoms with E-state index >= 15 is 0 Å². The summed E-state index contributed by atoms with van der Waals surface area (Å²) in [5.74, 6) is 0.298. The average Bonchev–Trinajstić information content (AvgIpc) is 2.26. The fourth-order valence-electron chi connectivity index (χ4n) is 2.47. The Kier molecular flexibility index (Phi) is 3.77. The molecule has 1 aliphatic rings. The first-order valence-corrected chi connectivity index (χ1v) is 6.45. The van der Waals surface area contributed by atoms with Gasteiger partial charge in [-0.25, -0.2) is 4.39 Å². The van der Waals surface area contributed by atoms with Crippen molar-refractivity contribution in [1.82, 2.24) is 0 Å². The van der Waals surface area contributed by atoms with E-state index in [0.717, 1.165) is 18.8 Å². The molecule has 1 fully saturated rings. The highest BCUT2D eigenvalue weighted by Crippen LogP contribution is 2.30. The van der Waals surface area contributed by atoms with Gasteiger partial charge in [0.15, 0.2) is 0 Å². The highest BCUT2D eigenvalue weighted by molar-refractivity contribution is 6.31. The summed E-state index contributed by atoms with van der Waals surface area (Å²) in [6.45, 7) is 2.25. The van der Waals surface area contributed by atoms with Crippen molar-refractivity contribution in [2.75, 3.05) is 11.1 Å². The maximum atomic E-state index is 13.4. The maximum absolute atomic E-state index is 13.4. The van der Waals surface area contributed by atoms with E-state index < -0.39 is 5.82 Å². The molecule has 2 unspecified atom stereocenters. The van der Waals surface area contributed by atoms with Crippen LogP contribution in [0.15, 0.2) is 12.1 Å². The number of halogens is 2. The van der Waals surface area contributed by atoms with Crippen LogP contribution < -0.4 is 11.1 Å². The summed E-state index contributed by atoms with van der Waals surface area (Å²) in [6.07, 6.45) is 4.73. The van der Waals surface area contributed by atoms with E-state index in [1.165, 1.54) is 25.0 Å². The highest BCUT2D eigenvalue weighted by atomic mass is 35.5. The van der Waals surface area contributed by atoms with Crippen molar-refractivity contribution < 1.29 is 4.39 Å². The molecular weight excluding hydrogens is 239 g/mol. The summed E-state index contributed by atoms with van der Waals surface area (Å²) in [5.41, 5.74) is 7.00. The van der Waals surface area contributed by atoms with E-state index in [1.54, 1.807) is 0 Å². The normalized spacial score (nSPS) is 24.6. The van der Waals surface area contributed by atoms with Crippen LogP contribution in [-0.2, 0) is 0 Å². The zero-order valence-electron chi connectivity index (χ0n) is 9.97. The number of nitrogens with two attached hydrogens (primary N) is 1. The second-order valence-electron chi connectivity index (χ2n) is 4.97. The number of hydrogen-bond donors (Lipinski definition) is 2. The van der Waals surface area contributed by atoms with E-state index in [-0.39, 0.29) is 5.02 Å². The van der Waals surface area contributed by atoms with E-state index in [0.29, 0.717) is 17.4 Å². The molecule has 0 spiro atoms. The predicted molar refractivity (Wildman–Crippen MR) is 70.9 cm³/mol. The minimum absolute atomic E-state index is 0.0741. The van der Waals surface area contributed by atoms with Crippen molar-refractivity contribution in [1.29, 1.82) is 0 Å². The van der Waals surface area contributed by atoms with Crippen LogP contribution in [-0.4, -0.2) is 6.04 Å². The minimum Gasteiger partial charge on any atom is -0.397 e. The molecule has 1 aromatic carbocycles. The van der Waals surface area contributed by atoms with Crippen LogP contribution in [0.4, 0.5) is 15.8 Å². The summed E-state index contributed by atoms with van der Waals surface area (Å²) >= 11 is 5.67. The van der Waals surface area contributed by atoms with E-state index in [9.17, 15) is 4.39 Å². The van der Waals surface area contributed by atoms with Gasteiger partial charge in [-0.05, 0) is 24.8 Å². The Bertz CT molecular complexity index is 409. The lowest BCUT2D eigenvalue weighted by Crippen LogP contribution is -2.26. The molecule has 4 heteroatoms. The number of rotatable bonds is 2. The topological polar surface area (TPSA) is 38.0 Å². The van der Waals surface area contributed by atoms with Gasteiger partial charge < -0.3 is 11.1 Å². The van der Waals surface area contributed by atoms with Gasteiger partial charge >= 0.3 is 0 Å². The first kappa shape index (κ1) is 12.5.